The molecule has 0 aliphatic heterocycles. The van der Waals surface area contributed by atoms with Crippen molar-refractivity contribution in [1.82, 2.24) is 19.6 Å². The first-order valence-corrected chi connectivity index (χ1v) is 8.82. The number of halogens is 1. The monoisotopic (exact) mass is 374 g/mol. The van der Waals surface area contributed by atoms with E-state index in [4.69, 9.17) is 16.3 Å². The van der Waals surface area contributed by atoms with Crippen LogP contribution in [0.3, 0.4) is 0 Å². The van der Waals surface area contributed by atoms with E-state index in [0.29, 0.717) is 33.0 Å². The third-order valence-electron chi connectivity index (χ3n) is 3.42. The molecular weight excluding hydrogens is 360 g/mol. The molecule has 3 aromatic rings. The van der Waals surface area contributed by atoms with Gasteiger partial charge in [0.2, 0.25) is 5.16 Å². The maximum absolute atomic E-state index is 12.0. The number of hydrogen-bond acceptors (Lipinski definition) is 6. The number of esters is 1. The molecular formula is C17H15ClN4O2S. The van der Waals surface area contributed by atoms with Gasteiger partial charge in [0.25, 0.3) is 5.78 Å². The Kier molecular flexibility index (Phi) is 5.35. The van der Waals surface area contributed by atoms with Crippen LogP contribution in [0.2, 0.25) is 5.02 Å². The van der Waals surface area contributed by atoms with Crippen molar-refractivity contribution in [3.05, 3.63) is 65.0 Å². The average molecular weight is 375 g/mol. The lowest BCUT2D eigenvalue weighted by molar-refractivity contribution is 0.0547. The molecule has 0 unspecified atom stereocenters. The third-order valence-corrected chi connectivity index (χ3v) is 4.58. The van der Waals surface area contributed by atoms with Crippen LogP contribution in [0.1, 0.15) is 21.6 Å². The van der Waals surface area contributed by atoms with Gasteiger partial charge >= 0.3 is 5.97 Å². The predicted molar refractivity (Wildman–Crippen MR) is 97.0 cm³/mol. The summed E-state index contributed by atoms with van der Waals surface area (Å²) in [6.07, 6.45) is 2.97. The summed E-state index contributed by atoms with van der Waals surface area (Å²) in [5.41, 5.74) is 2.10. The Bertz CT molecular complexity index is 924. The Balaban J connectivity index is 1.79. The fourth-order valence-electron chi connectivity index (χ4n) is 2.13. The van der Waals surface area contributed by atoms with Crippen molar-refractivity contribution in [3.63, 3.8) is 0 Å². The lowest BCUT2D eigenvalue weighted by atomic mass is 10.2. The fourth-order valence-corrected chi connectivity index (χ4v) is 3.03. The number of rotatable bonds is 6. The highest BCUT2D eigenvalue weighted by atomic mass is 35.5. The Labute approximate surface area is 153 Å². The van der Waals surface area contributed by atoms with Crippen molar-refractivity contribution in [2.75, 3.05) is 6.61 Å². The Morgan fingerprint density at radius 3 is 2.88 bits per heavy atom. The number of carbonyl (C=O) groups excluding carboxylic acids is 1. The van der Waals surface area contributed by atoms with Crippen molar-refractivity contribution < 1.29 is 9.53 Å². The molecule has 1 aromatic carbocycles. The molecule has 8 heteroatoms. The summed E-state index contributed by atoms with van der Waals surface area (Å²) in [6, 6.07) is 7.62. The van der Waals surface area contributed by atoms with Gasteiger partial charge in [-0.25, -0.2) is 9.78 Å². The van der Waals surface area contributed by atoms with Crippen molar-refractivity contribution >= 4 is 35.1 Å². The minimum atomic E-state index is -0.460. The number of fused-ring (bicyclic) bond motifs is 1. The SMILES string of the molecule is C=CCOC(=O)c1cnc2nc(SCc3ccc(Cl)cc3)nn2c1C. The highest BCUT2D eigenvalue weighted by molar-refractivity contribution is 7.98. The second kappa shape index (κ2) is 7.67. The molecule has 25 heavy (non-hydrogen) atoms. The number of aryl methyl sites for hydroxylation is 1. The van der Waals surface area contributed by atoms with E-state index >= 15 is 0 Å². The van der Waals surface area contributed by atoms with Crippen molar-refractivity contribution in [2.24, 2.45) is 0 Å². The predicted octanol–water partition coefficient (Wildman–Crippen LogP) is 3.72. The maximum Gasteiger partial charge on any atom is 0.341 e. The Hall–Kier alpha value is -2.38. The second-order valence-electron chi connectivity index (χ2n) is 5.17. The minimum absolute atomic E-state index is 0.149. The highest BCUT2D eigenvalue weighted by Crippen LogP contribution is 2.22. The fraction of sp³-hybridized carbons (Fsp3) is 0.176. The molecule has 0 radical (unpaired) electrons. The summed E-state index contributed by atoms with van der Waals surface area (Å²) >= 11 is 7.37. The molecule has 0 fully saturated rings. The van der Waals surface area contributed by atoms with Gasteiger partial charge in [-0.15, -0.1) is 5.10 Å². The van der Waals surface area contributed by atoms with E-state index in [2.05, 4.69) is 21.6 Å². The van der Waals surface area contributed by atoms with Gasteiger partial charge in [0, 0.05) is 17.0 Å². The lowest BCUT2D eigenvalue weighted by Gasteiger charge is -2.05. The van der Waals surface area contributed by atoms with Gasteiger partial charge in [0.15, 0.2) is 0 Å². The van der Waals surface area contributed by atoms with Crippen LogP contribution in [-0.4, -0.2) is 32.2 Å². The van der Waals surface area contributed by atoms with E-state index in [0.717, 1.165) is 5.56 Å². The molecule has 2 aromatic heterocycles. The standard InChI is InChI=1S/C17H15ClN4O2S/c1-3-8-24-15(23)14-9-19-16-20-17(21-22(16)11(14)2)25-10-12-4-6-13(18)7-5-12/h3-7,9H,1,8,10H2,2H3. The van der Waals surface area contributed by atoms with E-state index in [1.165, 1.54) is 24.0 Å². The van der Waals surface area contributed by atoms with Crippen LogP contribution in [0.25, 0.3) is 5.78 Å². The molecule has 2 heterocycles. The largest absolute Gasteiger partial charge is 0.458 e. The molecule has 0 bridgehead atoms. The molecule has 6 nitrogen and oxygen atoms in total. The van der Waals surface area contributed by atoms with E-state index in [1.54, 1.807) is 11.4 Å². The van der Waals surface area contributed by atoms with Crippen LogP contribution in [0.15, 0.2) is 48.3 Å². The molecule has 0 aliphatic rings. The van der Waals surface area contributed by atoms with E-state index < -0.39 is 5.97 Å². The Morgan fingerprint density at radius 1 is 1.40 bits per heavy atom. The summed E-state index contributed by atoms with van der Waals surface area (Å²) in [7, 11) is 0. The molecule has 0 atom stereocenters. The lowest BCUT2D eigenvalue weighted by Crippen LogP contribution is -2.11. The van der Waals surface area contributed by atoms with Crippen LogP contribution in [0.5, 0.6) is 0 Å². The first-order valence-electron chi connectivity index (χ1n) is 7.46. The molecule has 0 amide bonds. The zero-order valence-corrected chi connectivity index (χ0v) is 15.0. The zero-order valence-electron chi connectivity index (χ0n) is 13.5. The van der Waals surface area contributed by atoms with Crippen LogP contribution >= 0.6 is 23.4 Å². The summed E-state index contributed by atoms with van der Waals surface area (Å²) in [6.45, 7) is 5.45. The summed E-state index contributed by atoms with van der Waals surface area (Å²) < 4.78 is 6.60. The first-order chi connectivity index (χ1) is 12.1. The first kappa shape index (κ1) is 17.4. The smallest absolute Gasteiger partial charge is 0.341 e. The minimum Gasteiger partial charge on any atom is -0.458 e. The maximum atomic E-state index is 12.0. The van der Waals surface area contributed by atoms with Crippen LogP contribution in [0.4, 0.5) is 0 Å². The summed E-state index contributed by atoms with van der Waals surface area (Å²) in [4.78, 5) is 20.6. The van der Waals surface area contributed by atoms with Crippen molar-refractivity contribution in [1.29, 1.82) is 0 Å². The van der Waals surface area contributed by atoms with Gasteiger partial charge in [0.1, 0.15) is 6.61 Å². The number of thioether (sulfide) groups is 1. The second-order valence-corrected chi connectivity index (χ2v) is 6.54. The molecule has 128 valence electrons. The van der Waals surface area contributed by atoms with E-state index in [9.17, 15) is 4.79 Å². The van der Waals surface area contributed by atoms with Crippen LogP contribution in [0, 0.1) is 6.92 Å². The van der Waals surface area contributed by atoms with Gasteiger partial charge in [-0.05, 0) is 24.6 Å². The van der Waals surface area contributed by atoms with Crippen molar-refractivity contribution in [2.45, 2.75) is 17.8 Å². The zero-order chi connectivity index (χ0) is 17.8. The quantitative estimate of drug-likeness (QED) is 0.372. The average Bonchev–Trinajstić information content (AvgIpc) is 3.03. The topological polar surface area (TPSA) is 69.4 Å². The van der Waals surface area contributed by atoms with Gasteiger partial charge in [-0.2, -0.15) is 9.50 Å². The number of ether oxygens (including phenoxy) is 1. The Morgan fingerprint density at radius 2 is 2.16 bits per heavy atom. The van der Waals surface area contributed by atoms with Gasteiger partial charge in [-0.1, -0.05) is 48.2 Å². The third kappa shape index (κ3) is 4.00. The molecule has 3 rings (SSSR count). The number of nitrogens with zero attached hydrogens (tertiary/aromatic N) is 4. The normalized spacial score (nSPS) is 10.8. The number of carbonyl (C=O) groups is 1. The summed E-state index contributed by atoms with van der Waals surface area (Å²) in [5.74, 6) is 0.690. The van der Waals surface area contributed by atoms with E-state index in [-0.39, 0.29) is 6.61 Å². The molecule has 0 spiro atoms. The van der Waals surface area contributed by atoms with E-state index in [1.807, 2.05) is 24.3 Å². The van der Waals surface area contributed by atoms with Crippen LogP contribution in [-0.2, 0) is 10.5 Å². The van der Waals surface area contributed by atoms with Gasteiger partial charge < -0.3 is 4.74 Å². The highest BCUT2D eigenvalue weighted by Gasteiger charge is 2.16. The van der Waals surface area contributed by atoms with Gasteiger partial charge in [0.05, 0.1) is 11.3 Å². The molecule has 0 saturated heterocycles. The number of hydrogen-bond donors (Lipinski definition) is 0. The summed E-state index contributed by atoms with van der Waals surface area (Å²) in [5, 5.41) is 5.71. The number of aromatic nitrogens is 4. The molecule has 0 aliphatic carbocycles. The van der Waals surface area contributed by atoms with Crippen molar-refractivity contribution in [3.8, 4) is 0 Å². The van der Waals surface area contributed by atoms with Crippen LogP contribution < -0.4 is 0 Å². The molecule has 0 saturated carbocycles. The molecule has 0 N–H and O–H groups in total. The van der Waals surface area contributed by atoms with Gasteiger partial charge in [-0.3, -0.25) is 0 Å². The number of benzene rings is 1.